The van der Waals surface area contributed by atoms with E-state index in [4.69, 9.17) is 0 Å². The Morgan fingerprint density at radius 3 is 2.23 bits per heavy atom. The predicted octanol–water partition coefficient (Wildman–Crippen LogP) is -7.36. The maximum absolute atomic E-state index is 10.3. The number of esters is 1. The Morgan fingerprint density at radius 2 is 1.92 bits per heavy atom. The topological polar surface area (TPSA) is 89.5 Å². The van der Waals surface area contributed by atoms with Crippen molar-refractivity contribution in [3.63, 3.8) is 0 Å². The van der Waals surface area contributed by atoms with Crippen LogP contribution in [-0.4, -0.2) is 18.7 Å². The van der Waals surface area contributed by atoms with Gasteiger partial charge in [0.2, 0.25) is 0 Å². The minimum Gasteiger partial charge on any atom is -0.811 e. The van der Waals surface area contributed by atoms with E-state index in [2.05, 4.69) is 11.3 Å². The summed E-state index contributed by atoms with van der Waals surface area (Å²) in [6.07, 6.45) is 0.215. The summed E-state index contributed by atoms with van der Waals surface area (Å²) in [5.74, 6) is -0.738. The summed E-state index contributed by atoms with van der Waals surface area (Å²) < 4.78 is 14.2. The van der Waals surface area contributed by atoms with Gasteiger partial charge in [0.15, 0.2) is 0 Å². The van der Waals surface area contributed by atoms with E-state index >= 15 is 0 Å². The molecule has 13 heavy (non-hydrogen) atoms. The van der Waals surface area contributed by atoms with Gasteiger partial charge in [0.1, 0.15) is 0 Å². The Balaban J connectivity index is -0.000000500. The molecule has 0 saturated heterocycles. The molecule has 0 radical (unpaired) electrons. The SMILES string of the molecule is C=CC(=O)OCCP(=O)([O-])[O-].[Na+].[Na+]. The molecule has 0 fully saturated rings. The Labute approximate surface area is 121 Å². The zero-order valence-electron chi connectivity index (χ0n) is 7.69. The van der Waals surface area contributed by atoms with Gasteiger partial charge in [-0.05, 0) is 0 Å². The molecule has 0 amide bonds. The molecule has 0 rings (SSSR count). The predicted molar refractivity (Wildman–Crippen MR) is 33.6 cm³/mol. The molecule has 0 bridgehead atoms. The van der Waals surface area contributed by atoms with Crippen LogP contribution in [0.2, 0.25) is 0 Å². The van der Waals surface area contributed by atoms with Gasteiger partial charge in [0.25, 0.3) is 0 Å². The van der Waals surface area contributed by atoms with Crippen molar-refractivity contribution in [2.45, 2.75) is 0 Å². The Morgan fingerprint density at radius 1 is 1.46 bits per heavy atom. The van der Waals surface area contributed by atoms with Crippen LogP contribution in [0.25, 0.3) is 0 Å². The monoisotopic (exact) mass is 224 g/mol. The van der Waals surface area contributed by atoms with E-state index < -0.39 is 26.3 Å². The molecule has 0 aromatic rings. The van der Waals surface area contributed by atoms with Crippen molar-refractivity contribution >= 4 is 13.6 Å². The summed E-state index contributed by atoms with van der Waals surface area (Å²) in [6.45, 7) is 2.67. The van der Waals surface area contributed by atoms with E-state index in [1.54, 1.807) is 0 Å². The second-order valence-electron chi connectivity index (χ2n) is 1.71. The molecule has 5 nitrogen and oxygen atoms in total. The third-order valence-electron chi connectivity index (χ3n) is 0.776. The average Bonchev–Trinajstić information content (AvgIpc) is 1.85. The van der Waals surface area contributed by atoms with Crippen LogP contribution in [0, 0.1) is 0 Å². The van der Waals surface area contributed by atoms with Gasteiger partial charge in [-0.15, -0.1) is 0 Å². The van der Waals surface area contributed by atoms with Crippen molar-refractivity contribution in [3.05, 3.63) is 12.7 Å². The maximum atomic E-state index is 10.3. The molecule has 0 aliphatic heterocycles. The molecule has 8 heteroatoms. The van der Waals surface area contributed by atoms with Crippen molar-refractivity contribution in [3.8, 4) is 0 Å². The Kier molecular flexibility index (Phi) is 15.1. The van der Waals surface area contributed by atoms with Crippen molar-refractivity contribution in [1.82, 2.24) is 0 Å². The molecule has 0 unspecified atom stereocenters. The first-order valence-corrected chi connectivity index (χ1v) is 4.49. The number of hydrogen-bond acceptors (Lipinski definition) is 5. The van der Waals surface area contributed by atoms with Crippen LogP contribution >= 0.6 is 7.60 Å². The fourth-order valence-corrected chi connectivity index (χ4v) is 0.632. The van der Waals surface area contributed by atoms with Gasteiger partial charge in [-0.1, -0.05) is 14.2 Å². The summed E-state index contributed by atoms with van der Waals surface area (Å²) in [7, 11) is -4.54. The van der Waals surface area contributed by atoms with Crippen LogP contribution in [0.15, 0.2) is 12.7 Å². The first-order valence-electron chi connectivity index (χ1n) is 2.76. The van der Waals surface area contributed by atoms with Gasteiger partial charge in [-0.25, -0.2) is 4.79 Å². The number of hydrogen-bond donors (Lipinski definition) is 0. The van der Waals surface area contributed by atoms with Crippen molar-refractivity contribution < 1.29 is 83.0 Å². The molecule has 0 heterocycles. The summed E-state index contributed by atoms with van der Waals surface area (Å²) in [6, 6.07) is 0. The molecular weight excluding hydrogens is 217 g/mol. The zero-order valence-corrected chi connectivity index (χ0v) is 12.6. The molecule has 0 spiro atoms. The molecule has 0 aromatic carbocycles. The minimum atomic E-state index is -4.54. The van der Waals surface area contributed by atoms with Crippen LogP contribution in [-0.2, 0) is 14.1 Å². The Hall–Kier alpha value is 1.36. The smallest absolute Gasteiger partial charge is 0.811 e. The molecule has 0 aliphatic rings. The van der Waals surface area contributed by atoms with Crippen LogP contribution in [0.1, 0.15) is 0 Å². The Bertz CT molecular complexity index is 201. The van der Waals surface area contributed by atoms with Crippen molar-refractivity contribution in [2.75, 3.05) is 12.8 Å². The zero-order chi connectivity index (χ0) is 8.91. The van der Waals surface area contributed by atoms with Gasteiger partial charge < -0.3 is 19.1 Å². The quantitative estimate of drug-likeness (QED) is 0.205. The summed E-state index contributed by atoms with van der Waals surface area (Å²) in [5, 5.41) is 0. The maximum Gasteiger partial charge on any atom is 1.00 e. The molecule has 0 aromatic heterocycles. The van der Waals surface area contributed by atoms with E-state index in [1.807, 2.05) is 0 Å². The van der Waals surface area contributed by atoms with Crippen LogP contribution in [0.5, 0.6) is 0 Å². The normalized spacial score (nSPS) is 9.08. The largest absolute Gasteiger partial charge is 1.00 e. The average molecular weight is 224 g/mol. The van der Waals surface area contributed by atoms with E-state index in [0.29, 0.717) is 0 Å². The summed E-state index contributed by atoms with van der Waals surface area (Å²) in [4.78, 5) is 30.2. The van der Waals surface area contributed by atoms with E-state index in [0.717, 1.165) is 6.08 Å². The first kappa shape index (κ1) is 19.9. The fraction of sp³-hybridized carbons (Fsp3) is 0.400. The number of carbonyl (C=O) groups is 1. The van der Waals surface area contributed by atoms with Crippen LogP contribution < -0.4 is 68.9 Å². The van der Waals surface area contributed by atoms with Crippen molar-refractivity contribution in [2.24, 2.45) is 0 Å². The number of rotatable bonds is 4. The van der Waals surface area contributed by atoms with Crippen LogP contribution in [0.3, 0.4) is 0 Å². The second kappa shape index (κ2) is 9.90. The standard InChI is InChI=1S/C5H9O5P.2Na/c1-2-5(6)10-3-4-11(7,8)9;;/h2H,1,3-4H2,(H2,7,8,9);;/q;2*+1/p-2. The number of ether oxygens (including phenoxy) is 1. The molecular formula is C5H7Na2O5P. The van der Waals surface area contributed by atoms with Gasteiger partial charge in [0, 0.05) is 12.2 Å². The number of carbonyl (C=O) groups excluding carboxylic acids is 1. The van der Waals surface area contributed by atoms with Gasteiger partial charge in [-0.2, -0.15) is 0 Å². The molecule has 0 atom stereocenters. The van der Waals surface area contributed by atoms with E-state index in [-0.39, 0.29) is 59.1 Å². The molecule has 0 N–H and O–H groups in total. The van der Waals surface area contributed by atoms with Crippen LogP contribution in [0.4, 0.5) is 0 Å². The van der Waals surface area contributed by atoms with Gasteiger partial charge >= 0.3 is 65.1 Å². The minimum absolute atomic E-state index is 0. The summed E-state index contributed by atoms with van der Waals surface area (Å²) in [5.41, 5.74) is 0. The second-order valence-corrected chi connectivity index (χ2v) is 3.38. The van der Waals surface area contributed by atoms with Gasteiger partial charge in [-0.3, -0.25) is 0 Å². The molecule has 0 saturated carbocycles. The van der Waals surface area contributed by atoms with Gasteiger partial charge in [0.05, 0.1) is 6.61 Å². The van der Waals surface area contributed by atoms with E-state index in [1.165, 1.54) is 0 Å². The first-order chi connectivity index (χ1) is 4.95. The van der Waals surface area contributed by atoms with Crippen molar-refractivity contribution in [1.29, 1.82) is 0 Å². The third kappa shape index (κ3) is 16.1. The third-order valence-corrected chi connectivity index (χ3v) is 1.51. The molecule has 64 valence electrons. The summed E-state index contributed by atoms with van der Waals surface area (Å²) >= 11 is 0. The molecule has 0 aliphatic carbocycles. The fourth-order valence-electron chi connectivity index (χ4n) is 0.317. The van der Waals surface area contributed by atoms with E-state index in [9.17, 15) is 19.1 Å².